The number of hydrogen-bond donors (Lipinski definition) is 0. The maximum absolute atomic E-state index is 5.31. The van der Waals surface area contributed by atoms with Crippen LogP contribution in [0.2, 0.25) is 0 Å². The number of ether oxygens (including phenoxy) is 1. The van der Waals surface area contributed by atoms with Gasteiger partial charge in [0.25, 0.3) is 0 Å². The molecule has 0 aliphatic carbocycles. The van der Waals surface area contributed by atoms with Gasteiger partial charge in [-0.05, 0) is 31.4 Å². The molecule has 2 aromatic rings. The first-order valence-electron chi connectivity index (χ1n) is 8.54. The van der Waals surface area contributed by atoms with Crippen molar-refractivity contribution < 1.29 is 4.74 Å². The fourth-order valence-corrected chi connectivity index (χ4v) is 5.15. The Labute approximate surface area is 146 Å². The molecule has 0 radical (unpaired) electrons. The fraction of sp³-hybridized carbons (Fsp3) is 0.350. The largest absolute Gasteiger partial charge is 0.382 e. The predicted molar refractivity (Wildman–Crippen MR) is 104 cm³/mol. The van der Waals surface area contributed by atoms with Crippen molar-refractivity contribution in [2.45, 2.75) is 18.9 Å². The monoisotopic (exact) mass is 340 g/mol. The lowest BCUT2D eigenvalue weighted by atomic mass is 10.2. The molecule has 0 saturated carbocycles. The van der Waals surface area contributed by atoms with Crippen LogP contribution < -0.4 is 10.6 Å². The van der Waals surface area contributed by atoms with Crippen LogP contribution in [-0.2, 0) is 4.74 Å². The van der Waals surface area contributed by atoms with E-state index < -0.39 is 7.92 Å². The van der Waals surface area contributed by atoms with Gasteiger partial charge in [0.15, 0.2) is 0 Å². The Kier molecular flexibility index (Phi) is 6.40. The van der Waals surface area contributed by atoms with Gasteiger partial charge in [-0.1, -0.05) is 60.7 Å². The summed E-state index contributed by atoms with van der Waals surface area (Å²) in [5.74, 6) is 0. The molecule has 0 unspecified atom stereocenters. The highest BCUT2D eigenvalue weighted by molar-refractivity contribution is 7.73. The molecule has 1 heterocycles. The van der Waals surface area contributed by atoms with E-state index in [9.17, 15) is 0 Å². The zero-order chi connectivity index (χ0) is 16.6. The molecule has 24 heavy (non-hydrogen) atoms. The standard InChI is InChI=1S/C20H25N2OP/c1-23-17-18-9-8-15-22(18)21-14-16-24(19-10-4-2-5-11-19)20-12-6-3-7-13-20/h2-7,10-14,18H,8-9,15-17H2,1H3/b21-14+/t18-/m0/s1. The summed E-state index contributed by atoms with van der Waals surface area (Å²) in [5.41, 5.74) is 0. The summed E-state index contributed by atoms with van der Waals surface area (Å²) in [6, 6.07) is 22.0. The molecule has 0 amide bonds. The normalized spacial score (nSPS) is 17.9. The lowest BCUT2D eigenvalue weighted by molar-refractivity contribution is 0.118. The van der Waals surface area contributed by atoms with Crippen LogP contribution in [0.4, 0.5) is 0 Å². The molecule has 0 spiro atoms. The van der Waals surface area contributed by atoms with E-state index in [1.54, 1.807) is 7.11 Å². The molecule has 0 aromatic heterocycles. The highest BCUT2D eigenvalue weighted by Crippen LogP contribution is 2.32. The van der Waals surface area contributed by atoms with Crippen LogP contribution in [0.15, 0.2) is 65.8 Å². The molecule has 1 aliphatic rings. The average molecular weight is 340 g/mol. The van der Waals surface area contributed by atoms with Gasteiger partial charge in [-0.25, -0.2) is 0 Å². The molecule has 2 aromatic carbocycles. The Bertz CT molecular complexity index is 593. The third-order valence-electron chi connectivity index (χ3n) is 4.34. The van der Waals surface area contributed by atoms with Crippen LogP contribution in [0.5, 0.6) is 0 Å². The number of benzene rings is 2. The van der Waals surface area contributed by atoms with E-state index in [2.05, 4.69) is 71.9 Å². The number of nitrogens with zero attached hydrogens (tertiary/aromatic N) is 2. The van der Waals surface area contributed by atoms with Gasteiger partial charge in [0.2, 0.25) is 0 Å². The molecular weight excluding hydrogens is 315 g/mol. The second-order valence-electron chi connectivity index (χ2n) is 5.99. The third-order valence-corrected chi connectivity index (χ3v) is 6.71. The molecule has 1 atom stereocenters. The number of hydrazone groups is 1. The Hall–Kier alpha value is -1.70. The molecule has 3 nitrogen and oxygen atoms in total. The van der Waals surface area contributed by atoms with Crippen molar-refractivity contribution in [2.24, 2.45) is 5.10 Å². The van der Waals surface area contributed by atoms with Crippen LogP contribution >= 0.6 is 7.92 Å². The Morgan fingerprint density at radius 3 is 2.29 bits per heavy atom. The molecule has 1 aliphatic heterocycles. The van der Waals surface area contributed by atoms with Crippen LogP contribution in [-0.4, -0.2) is 43.7 Å². The van der Waals surface area contributed by atoms with Gasteiger partial charge in [-0.15, -0.1) is 0 Å². The van der Waals surface area contributed by atoms with Crippen LogP contribution in [0.25, 0.3) is 0 Å². The molecule has 126 valence electrons. The highest BCUT2D eigenvalue weighted by atomic mass is 31.1. The van der Waals surface area contributed by atoms with E-state index in [1.807, 2.05) is 0 Å². The van der Waals surface area contributed by atoms with Gasteiger partial charge in [0.05, 0.1) is 12.6 Å². The van der Waals surface area contributed by atoms with E-state index in [-0.39, 0.29) is 0 Å². The fourth-order valence-electron chi connectivity index (χ4n) is 3.13. The first kappa shape index (κ1) is 17.1. The SMILES string of the molecule is COC[C@@H]1CCCN1/N=C/CP(c1ccccc1)c1ccccc1. The topological polar surface area (TPSA) is 24.8 Å². The molecule has 0 N–H and O–H groups in total. The number of hydrogen-bond acceptors (Lipinski definition) is 3. The van der Waals surface area contributed by atoms with E-state index in [1.165, 1.54) is 23.5 Å². The first-order valence-corrected chi connectivity index (χ1v) is 10.1. The molecule has 4 heteroatoms. The van der Waals surface area contributed by atoms with Crippen LogP contribution in [0.1, 0.15) is 12.8 Å². The van der Waals surface area contributed by atoms with Crippen LogP contribution in [0, 0.1) is 0 Å². The lowest BCUT2D eigenvalue weighted by Gasteiger charge is -2.21. The Morgan fingerprint density at radius 2 is 1.71 bits per heavy atom. The summed E-state index contributed by atoms with van der Waals surface area (Å²) in [7, 11) is 1.37. The minimum absolute atomic E-state index is 0.401. The smallest absolute Gasteiger partial charge is 0.0704 e. The van der Waals surface area contributed by atoms with E-state index in [0.29, 0.717) is 6.04 Å². The second-order valence-corrected chi connectivity index (χ2v) is 8.25. The first-order chi connectivity index (χ1) is 11.9. The highest BCUT2D eigenvalue weighted by Gasteiger charge is 2.22. The third kappa shape index (κ3) is 4.43. The molecular formula is C20H25N2OP. The van der Waals surface area contributed by atoms with Gasteiger partial charge in [-0.2, -0.15) is 5.10 Å². The summed E-state index contributed by atoms with van der Waals surface area (Å²) < 4.78 is 5.31. The Balaban J connectivity index is 1.72. The number of rotatable bonds is 7. The van der Waals surface area contributed by atoms with Crippen molar-refractivity contribution in [1.29, 1.82) is 0 Å². The van der Waals surface area contributed by atoms with Gasteiger partial charge < -0.3 is 4.74 Å². The summed E-state index contributed by atoms with van der Waals surface area (Å²) in [5, 5.41) is 9.77. The maximum Gasteiger partial charge on any atom is 0.0704 e. The van der Waals surface area contributed by atoms with Crippen molar-refractivity contribution in [2.75, 3.05) is 26.4 Å². The van der Waals surface area contributed by atoms with Gasteiger partial charge in [0.1, 0.15) is 0 Å². The summed E-state index contributed by atoms with van der Waals surface area (Å²) >= 11 is 0. The van der Waals surface area contributed by atoms with E-state index >= 15 is 0 Å². The summed E-state index contributed by atoms with van der Waals surface area (Å²) in [6.45, 7) is 1.81. The average Bonchev–Trinajstić information content (AvgIpc) is 3.08. The molecule has 3 rings (SSSR count). The maximum atomic E-state index is 5.31. The molecule has 0 bridgehead atoms. The van der Waals surface area contributed by atoms with E-state index in [0.717, 1.165) is 19.3 Å². The zero-order valence-electron chi connectivity index (χ0n) is 14.2. The Morgan fingerprint density at radius 1 is 1.08 bits per heavy atom. The van der Waals surface area contributed by atoms with Crippen molar-refractivity contribution in [3.05, 3.63) is 60.7 Å². The minimum atomic E-state index is -0.401. The van der Waals surface area contributed by atoms with Gasteiger partial charge in [-0.3, -0.25) is 5.01 Å². The van der Waals surface area contributed by atoms with Gasteiger partial charge in [0, 0.05) is 26.0 Å². The van der Waals surface area contributed by atoms with Crippen molar-refractivity contribution in [3.8, 4) is 0 Å². The molecule has 1 fully saturated rings. The van der Waals surface area contributed by atoms with Crippen LogP contribution in [0.3, 0.4) is 0 Å². The van der Waals surface area contributed by atoms with E-state index in [4.69, 9.17) is 9.84 Å². The zero-order valence-corrected chi connectivity index (χ0v) is 15.1. The summed E-state index contributed by atoms with van der Waals surface area (Å²) in [6.07, 6.45) is 5.47. The predicted octanol–water partition coefficient (Wildman–Crippen LogP) is 3.22. The second kappa shape index (κ2) is 8.96. The quantitative estimate of drug-likeness (QED) is 0.571. The lowest BCUT2D eigenvalue weighted by Crippen LogP contribution is -2.28. The minimum Gasteiger partial charge on any atom is -0.382 e. The molecule has 1 saturated heterocycles. The van der Waals surface area contributed by atoms with Crippen molar-refractivity contribution in [1.82, 2.24) is 5.01 Å². The van der Waals surface area contributed by atoms with Crippen molar-refractivity contribution in [3.63, 3.8) is 0 Å². The van der Waals surface area contributed by atoms with Gasteiger partial charge >= 0.3 is 0 Å². The number of methoxy groups -OCH3 is 1. The summed E-state index contributed by atoms with van der Waals surface area (Å²) in [4.78, 5) is 0. The van der Waals surface area contributed by atoms with Crippen molar-refractivity contribution >= 4 is 24.7 Å².